The lowest BCUT2D eigenvalue weighted by molar-refractivity contribution is 0.0593. The molecule has 1 N–H and O–H groups in total. The van der Waals surface area contributed by atoms with Crippen molar-refractivity contribution in [2.45, 2.75) is 12.8 Å². The first-order chi connectivity index (χ1) is 6.31. The number of hydrogen-bond acceptors (Lipinski definition) is 3. The highest BCUT2D eigenvalue weighted by Gasteiger charge is 2.31. The van der Waals surface area contributed by atoms with E-state index in [4.69, 9.17) is 0 Å². The van der Waals surface area contributed by atoms with E-state index in [2.05, 4.69) is 5.32 Å². The average molecular weight is 181 g/mol. The summed E-state index contributed by atoms with van der Waals surface area (Å²) in [5.41, 5.74) is 0.330. The Balaban J connectivity index is 2.07. The Kier molecular flexibility index (Phi) is 2.04. The summed E-state index contributed by atoms with van der Waals surface area (Å²) in [5, 5.41) is 6.02. The monoisotopic (exact) mass is 181 g/mol. The number of urea groups is 1. The minimum Gasteiger partial charge on any atom is -0.299 e. The molecule has 2 fully saturated rings. The first-order valence-electron chi connectivity index (χ1n) is 4.38. The second-order valence-corrected chi connectivity index (χ2v) is 3.23. The fourth-order valence-electron chi connectivity index (χ4n) is 1.68. The first-order valence-corrected chi connectivity index (χ1v) is 4.38. The first kappa shape index (κ1) is 8.29. The van der Waals surface area contributed by atoms with E-state index in [-0.39, 0.29) is 6.03 Å². The van der Waals surface area contributed by atoms with Crippen molar-refractivity contribution in [3.8, 4) is 0 Å². The molecule has 2 saturated heterocycles. The van der Waals surface area contributed by atoms with E-state index in [1.165, 1.54) is 0 Å². The summed E-state index contributed by atoms with van der Waals surface area (Å²) in [6.07, 6.45) is 2.23. The minimum absolute atomic E-state index is 0.208. The van der Waals surface area contributed by atoms with Crippen molar-refractivity contribution in [2.75, 3.05) is 19.6 Å². The van der Waals surface area contributed by atoms with Gasteiger partial charge in [-0.05, 0) is 12.8 Å². The number of hydrazine groups is 1. The molecular formula is C8H11N3O2. The van der Waals surface area contributed by atoms with Crippen LogP contribution in [0.1, 0.15) is 12.8 Å². The predicted molar refractivity (Wildman–Crippen MR) is 45.3 cm³/mol. The highest BCUT2D eigenvalue weighted by atomic mass is 16.2. The predicted octanol–water partition coefficient (Wildman–Crippen LogP) is -0.262. The second kappa shape index (κ2) is 3.20. The van der Waals surface area contributed by atoms with Crippen molar-refractivity contribution >= 4 is 12.0 Å². The number of amides is 2. The lowest BCUT2D eigenvalue weighted by Crippen LogP contribution is -2.42. The molecule has 0 saturated carbocycles. The van der Waals surface area contributed by atoms with Gasteiger partial charge in [-0.3, -0.25) is 10.3 Å². The molecule has 0 atom stereocenters. The molecule has 0 aromatic heterocycles. The minimum atomic E-state index is -0.208. The fraction of sp³-hybridized carbons (Fsp3) is 0.625. The Labute approximate surface area is 76.0 Å². The SMILES string of the molecule is O=C=C1CN(N2CCCC2)C(=O)N1. The van der Waals surface area contributed by atoms with Crippen LogP contribution >= 0.6 is 0 Å². The van der Waals surface area contributed by atoms with Gasteiger partial charge in [-0.1, -0.05) is 0 Å². The van der Waals surface area contributed by atoms with E-state index < -0.39 is 0 Å². The van der Waals surface area contributed by atoms with Gasteiger partial charge in [0.1, 0.15) is 11.6 Å². The third kappa shape index (κ3) is 1.43. The van der Waals surface area contributed by atoms with Crippen molar-refractivity contribution in [1.82, 2.24) is 15.3 Å². The standard InChI is InChI=1S/C8H11N3O2/c12-6-7-5-11(8(13)9-7)10-3-1-2-4-10/h1-5H2,(H,9,13). The summed E-state index contributed by atoms with van der Waals surface area (Å²) in [7, 11) is 0. The van der Waals surface area contributed by atoms with Gasteiger partial charge in [0.2, 0.25) is 0 Å². The van der Waals surface area contributed by atoms with Crippen molar-refractivity contribution in [2.24, 2.45) is 0 Å². The van der Waals surface area contributed by atoms with E-state index in [0.29, 0.717) is 12.2 Å². The molecule has 0 aliphatic carbocycles. The third-order valence-electron chi connectivity index (χ3n) is 2.35. The molecule has 2 rings (SSSR count). The lowest BCUT2D eigenvalue weighted by Gasteiger charge is -2.24. The highest BCUT2D eigenvalue weighted by molar-refractivity contribution is 5.82. The van der Waals surface area contributed by atoms with Crippen LogP contribution in [0, 0.1) is 0 Å². The summed E-state index contributed by atoms with van der Waals surface area (Å²) in [4.78, 5) is 21.6. The second-order valence-electron chi connectivity index (χ2n) is 3.23. The molecule has 0 aromatic rings. The quantitative estimate of drug-likeness (QED) is 0.567. The van der Waals surface area contributed by atoms with Crippen LogP contribution < -0.4 is 5.32 Å². The Bertz CT molecular complexity index is 277. The van der Waals surface area contributed by atoms with Crippen LogP contribution in [-0.2, 0) is 4.79 Å². The molecule has 0 unspecified atom stereocenters. The van der Waals surface area contributed by atoms with Gasteiger partial charge in [-0.15, -0.1) is 0 Å². The van der Waals surface area contributed by atoms with Crippen molar-refractivity contribution < 1.29 is 9.59 Å². The van der Waals surface area contributed by atoms with Crippen molar-refractivity contribution in [3.63, 3.8) is 0 Å². The number of rotatable bonds is 1. The van der Waals surface area contributed by atoms with E-state index in [1.54, 1.807) is 11.0 Å². The Hall–Kier alpha value is -1.32. The summed E-state index contributed by atoms with van der Waals surface area (Å²) in [6, 6.07) is -0.208. The molecule has 70 valence electrons. The molecule has 2 heterocycles. The molecule has 13 heavy (non-hydrogen) atoms. The Morgan fingerprint density at radius 3 is 2.54 bits per heavy atom. The van der Waals surface area contributed by atoms with E-state index in [0.717, 1.165) is 25.9 Å². The van der Waals surface area contributed by atoms with Crippen LogP contribution in [0.4, 0.5) is 4.79 Å². The van der Waals surface area contributed by atoms with Gasteiger partial charge in [-0.2, -0.15) is 0 Å². The van der Waals surface area contributed by atoms with Gasteiger partial charge in [0.25, 0.3) is 0 Å². The molecule has 0 radical (unpaired) electrons. The number of carbonyl (C=O) groups excluding carboxylic acids is 2. The number of nitrogens with zero attached hydrogens (tertiary/aromatic N) is 2. The van der Waals surface area contributed by atoms with Crippen LogP contribution in [0.15, 0.2) is 5.70 Å². The van der Waals surface area contributed by atoms with E-state index in [9.17, 15) is 9.59 Å². The molecule has 5 heteroatoms. The lowest BCUT2D eigenvalue weighted by atomic mass is 10.4. The molecule has 0 aromatic carbocycles. The molecule has 2 aliphatic heterocycles. The average Bonchev–Trinajstić information content (AvgIpc) is 2.72. The molecule has 0 bridgehead atoms. The number of carbonyl (C=O) groups is 1. The smallest absolute Gasteiger partial charge is 0.299 e. The maximum Gasteiger partial charge on any atom is 0.337 e. The van der Waals surface area contributed by atoms with Crippen LogP contribution in [-0.4, -0.2) is 41.6 Å². The van der Waals surface area contributed by atoms with Gasteiger partial charge >= 0.3 is 6.03 Å². The molecule has 2 amide bonds. The molecule has 0 spiro atoms. The Morgan fingerprint density at radius 2 is 2.00 bits per heavy atom. The summed E-state index contributed by atoms with van der Waals surface area (Å²) >= 11 is 0. The van der Waals surface area contributed by atoms with E-state index >= 15 is 0 Å². The molecule has 5 nitrogen and oxygen atoms in total. The zero-order chi connectivity index (χ0) is 9.26. The third-order valence-corrected chi connectivity index (χ3v) is 2.35. The summed E-state index contributed by atoms with van der Waals surface area (Å²) < 4.78 is 0. The topological polar surface area (TPSA) is 52.7 Å². The molecular weight excluding hydrogens is 170 g/mol. The Morgan fingerprint density at radius 1 is 1.31 bits per heavy atom. The largest absolute Gasteiger partial charge is 0.337 e. The van der Waals surface area contributed by atoms with Crippen molar-refractivity contribution in [3.05, 3.63) is 5.70 Å². The zero-order valence-electron chi connectivity index (χ0n) is 7.25. The van der Waals surface area contributed by atoms with Crippen LogP contribution in [0.5, 0.6) is 0 Å². The summed E-state index contributed by atoms with van der Waals surface area (Å²) in [5.74, 6) is 1.71. The normalized spacial score (nSPS) is 23.5. The van der Waals surface area contributed by atoms with Crippen LogP contribution in [0.2, 0.25) is 0 Å². The fourth-order valence-corrected chi connectivity index (χ4v) is 1.68. The maximum absolute atomic E-state index is 11.3. The van der Waals surface area contributed by atoms with Crippen LogP contribution in [0.25, 0.3) is 0 Å². The maximum atomic E-state index is 11.3. The number of hydrogen-bond donors (Lipinski definition) is 1. The number of nitrogens with one attached hydrogen (secondary N) is 1. The van der Waals surface area contributed by atoms with Crippen LogP contribution in [0.3, 0.4) is 0 Å². The van der Waals surface area contributed by atoms with Crippen molar-refractivity contribution in [1.29, 1.82) is 0 Å². The van der Waals surface area contributed by atoms with Gasteiger partial charge in [-0.25, -0.2) is 14.6 Å². The van der Waals surface area contributed by atoms with Gasteiger partial charge in [0.15, 0.2) is 0 Å². The highest BCUT2D eigenvalue weighted by Crippen LogP contribution is 2.15. The molecule has 2 aliphatic rings. The van der Waals surface area contributed by atoms with Gasteiger partial charge in [0.05, 0.1) is 6.54 Å². The van der Waals surface area contributed by atoms with Gasteiger partial charge < -0.3 is 0 Å². The van der Waals surface area contributed by atoms with E-state index in [1.807, 2.05) is 5.01 Å². The zero-order valence-corrected chi connectivity index (χ0v) is 7.25. The summed E-state index contributed by atoms with van der Waals surface area (Å²) in [6.45, 7) is 2.15. The van der Waals surface area contributed by atoms with Gasteiger partial charge in [0, 0.05) is 13.1 Å².